The Morgan fingerprint density at radius 1 is 1.28 bits per heavy atom. The van der Waals surface area contributed by atoms with Crippen LogP contribution >= 0.6 is 0 Å². The van der Waals surface area contributed by atoms with Crippen molar-refractivity contribution in [1.29, 1.82) is 0 Å². The SMILES string of the molecule is CC(C)C(CN)NC(=O)c1cccc(C(N)=O)c1. The Bertz CT molecular complexity index is 444. The zero-order valence-corrected chi connectivity index (χ0v) is 10.6. The smallest absolute Gasteiger partial charge is 0.251 e. The van der Waals surface area contributed by atoms with Gasteiger partial charge in [-0.2, -0.15) is 0 Å². The Hall–Kier alpha value is -1.88. The van der Waals surface area contributed by atoms with Gasteiger partial charge in [0.05, 0.1) is 0 Å². The van der Waals surface area contributed by atoms with Gasteiger partial charge in [-0.15, -0.1) is 0 Å². The lowest BCUT2D eigenvalue weighted by molar-refractivity contribution is 0.0927. The number of primary amides is 1. The summed E-state index contributed by atoms with van der Waals surface area (Å²) in [5.41, 5.74) is 11.5. The Labute approximate surface area is 107 Å². The maximum atomic E-state index is 12.0. The highest BCUT2D eigenvalue weighted by Gasteiger charge is 2.16. The van der Waals surface area contributed by atoms with E-state index < -0.39 is 5.91 Å². The molecule has 5 N–H and O–H groups in total. The molecule has 18 heavy (non-hydrogen) atoms. The Balaban J connectivity index is 2.84. The van der Waals surface area contributed by atoms with E-state index in [2.05, 4.69) is 5.32 Å². The summed E-state index contributed by atoms with van der Waals surface area (Å²) in [6.45, 7) is 4.34. The second-order valence-electron chi connectivity index (χ2n) is 4.50. The fourth-order valence-corrected chi connectivity index (χ4v) is 1.56. The topological polar surface area (TPSA) is 98.2 Å². The molecule has 0 radical (unpaired) electrons. The van der Waals surface area contributed by atoms with Gasteiger partial charge in [-0.05, 0) is 24.1 Å². The molecule has 0 aliphatic rings. The van der Waals surface area contributed by atoms with Crippen LogP contribution in [0.25, 0.3) is 0 Å². The van der Waals surface area contributed by atoms with E-state index in [1.165, 1.54) is 6.07 Å². The number of amides is 2. The van der Waals surface area contributed by atoms with Gasteiger partial charge in [-0.1, -0.05) is 19.9 Å². The standard InChI is InChI=1S/C13H19N3O2/c1-8(2)11(7-14)16-13(18)10-5-3-4-9(6-10)12(15)17/h3-6,8,11H,7,14H2,1-2H3,(H2,15,17)(H,16,18). The van der Waals surface area contributed by atoms with E-state index in [1.807, 2.05) is 13.8 Å². The van der Waals surface area contributed by atoms with Crippen LogP contribution in [0.4, 0.5) is 0 Å². The highest BCUT2D eigenvalue weighted by Crippen LogP contribution is 2.07. The first kappa shape index (κ1) is 14.2. The molecule has 0 spiro atoms. The molecule has 5 heteroatoms. The minimum Gasteiger partial charge on any atom is -0.366 e. The molecular weight excluding hydrogens is 230 g/mol. The third kappa shape index (κ3) is 3.56. The van der Waals surface area contributed by atoms with E-state index >= 15 is 0 Å². The van der Waals surface area contributed by atoms with Gasteiger partial charge in [0.25, 0.3) is 5.91 Å². The maximum absolute atomic E-state index is 12.0. The van der Waals surface area contributed by atoms with Crippen LogP contribution in [0.15, 0.2) is 24.3 Å². The van der Waals surface area contributed by atoms with E-state index in [0.29, 0.717) is 17.7 Å². The average Bonchev–Trinajstić information content (AvgIpc) is 2.35. The van der Waals surface area contributed by atoms with Crippen LogP contribution in [0.1, 0.15) is 34.6 Å². The number of hydrogen-bond acceptors (Lipinski definition) is 3. The lowest BCUT2D eigenvalue weighted by Crippen LogP contribution is -2.43. The second kappa shape index (κ2) is 6.16. The molecule has 0 saturated carbocycles. The van der Waals surface area contributed by atoms with Crippen LogP contribution in [0, 0.1) is 5.92 Å². The maximum Gasteiger partial charge on any atom is 0.251 e. The van der Waals surface area contributed by atoms with Gasteiger partial charge in [-0.3, -0.25) is 9.59 Å². The lowest BCUT2D eigenvalue weighted by Gasteiger charge is -2.20. The number of benzene rings is 1. The number of carbonyl (C=O) groups excluding carboxylic acids is 2. The molecule has 98 valence electrons. The van der Waals surface area contributed by atoms with Crippen molar-refractivity contribution in [3.8, 4) is 0 Å². The van der Waals surface area contributed by atoms with Crippen molar-refractivity contribution >= 4 is 11.8 Å². The van der Waals surface area contributed by atoms with Crippen LogP contribution in [0.5, 0.6) is 0 Å². The number of carbonyl (C=O) groups is 2. The zero-order valence-electron chi connectivity index (χ0n) is 10.6. The van der Waals surface area contributed by atoms with Gasteiger partial charge >= 0.3 is 0 Å². The van der Waals surface area contributed by atoms with Crippen LogP contribution in [0.3, 0.4) is 0 Å². The molecule has 2 amide bonds. The molecule has 0 aliphatic carbocycles. The van der Waals surface area contributed by atoms with Crippen LogP contribution in [0.2, 0.25) is 0 Å². The zero-order chi connectivity index (χ0) is 13.7. The van der Waals surface area contributed by atoms with Gasteiger partial charge < -0.3 is 16.8 Å². The first-order valence-electron chi connectivity index (χ1n) is 5.86. The molecule has 1 aromatic carbocycles. The summed E-state index contributed by atoms with van der Waals surface area (Å²) < 4.78 is 0. The number of rotatable bonds is 5. The molecule has 1 aromatic rings. The Morgan fingerprint density at radius 2 is 1.89 bits per heavy atom. The summed E-state index contributed by atoms with van der Waals surface area (Å²) in [5, 5.41) is 2.83. The normalized spacial score (nSPS) is 12.2. The van der Waals surface area contributed by atoms with E-state index in [4.69, 9.17) is 11.5 Å². The molecular formula is C13H19N3O2. The monoisotopic (exact) mass is 249 g/mol. The average molecular weight is 249 g/mol. The van der Waals surface area contributed by atoms with Crippen molar-refractivity contribution in [2.24, 2.45) is 17.4 Å². The van der Waals surface area contributed by atoms with Gasteiger partial charge in [0.1, 0.15) is 0 Å². The summed E-state index contributed by atoms with van der Waals surface area (Å²) in [4.78, 5) is 23.0. The van der Waals surface area contributed by atoms with E-state index in [1.54, 1.807) is 18.2 Å². The molecule has 0 aliphatic heterocycles. The van der Waals surface area contributed by atoms with Crippen molar-refractivity contribution in [2.75, 3.05) is 6.54 Å². The fraction of sp³-hybridized carbons (Fsp3) is 0.385. The van der Waals surface area contributed by atoms with Crippen molar-refractivity contribution in [1.82, 2.24) is 5.32 Å². The van der Waals surface area contributed by atoms with Gasteiger partial charge in [0.15, 0.2) is 0 Å². The number of nitrogens with two attached hydrogens (primary N) is 2. The predicted octanol–water partition coefficient (Wildman–Crippen LogP) is 0.499. The van der Waals surface area contributed by atoms with E-state index in [9.17, 15) is 9.59 Å². The number of nitrogens with one attached hydrogen (secondary N) is 1. The lowest BCUT2D eigenvalue weighted by atomic mass is 10.0. The highest BCUT2D eigenvalue weighted by atomic mass is 16.2. The first-order chi connectivity index (χ1) is 8.45. The predicted molar refractivity (Wildman–Crippen MR) is 70.1 cm³/mol. The summed E-state index contributed by atoms with van der Waals surface area (Å²) in [5.74, 6) is -0.551. The fourth-order valence-electron chi connectivity index (χ4n) is 1.56. The largest absolute Gasteiger partial charge is 0.366 e. The molecule has 0 aromatic heterocycles. The molecule has 1 atom stereocenters. The highest BCUT2D eigenvalue weighted by molar-refractivity contribution is 5.99. The van der Waals surface area contributed by atoms with E-state index in [-0.39, 0.29) is 17.9 Å². The minimum atomic E-state index is -0.552. The van der Waals surface area contributed by atoms with Crippen LogP contribution in [-0.4, -0.2) is 24.4 Å². The number of hydrogen-bond donors (Lipinski definition) is 3. The summed E-state index contributed by atoms with van der Waals surface area (Å²) in [7, 11) is 0. The summed E-state index contributed by atoms with van der Waals surface area (Å²) >= 11 is 0. The summed E-state index contributed by atoms with van der Waals surface area (Å²) in [6, 6.07) is 6.22. The third-order valence-corrected chi connectivity index (χ3v) is 2.78. The second-order valence-corrected chi connectivity index (χ2v) is 4.50. The van der Waals surface area contributed by atoms with Crippen molar-refractivity contribution in [2.45, 2.75) is 19.9 Å². The van der Waals surface area contributed by atoms with Gasteiger partial charge in [0.2, 0.25) is 5.91 Å². The van der Waals surface area contributed by atoms with Crippen molar-refractivity contribution in [3.05, 3.63) is 35.4 Å². The first-order valence-corrected chi connectivity index (χ1v) is 5.86. The summed E-state index contributed by atoms with van der Waals surface area (Å²) in [6.07, 6.45) is 0. The molecule has 5 nitrogen and oxygen atoms in total. The molecule has 0 saturated heterocycles. The van der Waals surface area contributed by atoms with Crippen LogP contribution in [-0.2, 0) is 0 Å². The van der Waals surface area contributed by atoms with Crippen molar-refractivity contribution in [3.63, 3.8) is 0 Å². The van der Waals surface area contributed by atoms with Gasteiger partial charge in [0, 0.05) is 23.7 Å². The Kier molecular flexibility index (Phi) is 4.85. The van der Waals surface area contributed by atoms with E-state index in [0.717, 1.165) is 0 Å². The molecule has 1 unspecified atom stereocenters. The minimum absolute atomic E-state index is 0.0882. The van der Waals surface area contributed by atoms with Crippen LogP contribution < -0.4 is 16.8 Å². The molecule has 0 bridgehead atoms. The molecule has 0 heterocycles. The quantitative estimate of drug-likeness (QED) is 0.708. The third-order valence-electron chi connectivity index (χ3n) is 2.78. The molecule has 1 rings (SSSR count). The Morgan fingerprint density at radius 3 is 2.39 bits per heavy atom. The molecule has 0 fully saturated rings. The van der Waals surface area contributed by atoms with Gasteiger partial charge in [-0.25, -0.2) is 0 Å². The van der Waals surface area contributed by atoms with Crippen molar-refractivity contribution < 1.29 is 9.59 Å².